The molecule has 0 aromatic heterocycles. The molecule has 2 unspecified atom stereocenters. The van der Waals surface area contributed by atoms with E-state index in [9.17, 15) is 14.7 Å². The highest BCUT2D eigenvalue weighted by atomic mass is 16.3. The summed E-state index contributed by atoms with van der Waals surface area (Å²) in [4.78, 5) is 24.1. The van der Waals surface area contributed by atoms with Crippen LogP contribution in [0.25, 0.3) is 0 Å². The molecule has 0 spiro atoms. The van der Waals surface area contributed by atoms with Gasteiger partial charge in [0.05, 0.1) is 12.5 Å². The molecule has 4 nitrogen and oxygen atoms in total. The van der Waals surface area contributed by atoms with Crippen molar-refractivity contribution in [1.82, 2.24) is 5.32 Å². The number of benzene rings is 2. The van der Waals surface area contributed by atoms with Crippen LogP contribution in [0.3, 0.4) is 0 Å². The lowest BCUT2D eigenvalue weighted by Crippen LogP contribution is -2.35. The van der Waals surface area contributed by atoms with Crippen molar-refractivity contribution in [2.75, 3.05) is 0 Å². The molecule has 0 bridgehead atoms. The van der Waals surface area contributed by atoms with Crippen LogP contribution < -0.4 is 5.32 Å². The highest BCUT2D eigenvalue weighted by molar-refractivity contribution is 5.96. The molecule has 2 atom stereocenters. The second-order valence-corrected chi connectivity index (χ2v) is 5.59. The molecule has 0 fully saturated rings. The Kier molecular flexibility index (Phi) is 6.06. The maximum absolute atomic E-state index is 12.1. The summed E-state index contributed by atoms with van der Waals surface area (Å²) >= 11 is 0. The Morgan fingerprint density at radius 1 is 0.957 bits per heavy atom. The number of Topliss-reactive ketones (excluding diaryl/α,β-unsaturated/α-hetero) is 1. The smallest absolute Gasteiger partial charge is 0.223 e. The van der Waals surface area contributed by atoms with Gasteiger partial charge in [-0.2, -0.15) is 0 Å². The lowest BCUT2D eigenvalue weighted by molar-refractivity contribution is -0.123. The molecular formula is C19H21NO3. The van der Waals surface area contributed by atoms with Crippen LogP contribution in [-0.2, 0) is 4.79 Å². The van der Waals surface area contributed by atoms with Gasteiger partial charge in [-0.25, -0.2) is 0 Å². The maximum atomic E-state index is 12.1. The summed E-state index contributed by atoms with van der Waals surface area (Å²) in [6, 6.07) is 17.8. The third-order valence-electron chi connectivity index (χ3n) is 3.56. The lowest BCUT2D eigenvalue weighted by Gasteiger charge is -2.15. The standard InChI is InChI=1S/C19H21NO3/c1-14(12-17(21)15-8-4-2-5-9-15)20-19(23)13-18(22)16-10-6-3-7-11-16/h2-11,14,18,22H,12-13H2,1H3,(H,20,23). The quantitative estimate of drug-likeness (QED) is 0.773. The van der Waals surface area contributed by atoms with Crippen LogP contribution in [0.1, 0.15) is 41.8 Å². The van der Waals surface area contributed by atoms with Gasteiger partial charge in [-0.15, -0.1) is 0 Å². The molecular weight excluding hydrogens is 290 g/mol. The van der Waals surface area contributed by atoms with Gasteiger partial charge in [0.2, 0.25) is 5.91 Å². The van der Waals surface area contributed by atoms with Gasteiger partial charge in [-0.3, -0.25) is 9.59 Å². The van der Waals surface area contributed by atoms with Crippen molar-refractivity contribution in [3.63, 3.8) is 0 Å². The van der Waals surface area contributed by atoms with Gasteiger partial charge in [0.15, 0.2) is 5.78 Å². The van der Waals surface area contributed by atoms with E-state index in [1.54, 1.807) is 31.2 Å². The van der Waals surface area contributed by atoms with Gasteiger partial charge in [-0.05, 0) is 12.5 Å². The van der Waals surface area contributed by atoms with E-state index in [1.807, 2.05) is 36.4 Å². The lowest BCUT2D eigenvalue weighted by atomic mass is 10.0. The first-order valence-electron chi connectivity index (χ1n) is 7.67. The molecule has 0 radical (unpaired) electrons. The molecule has 23 heavy (non-hydrogen) atoms. The van der Waals surface area contributed by atoms with Crippen LogP contribution in [0.2, 0.25) is 0 Å². The molecule has 1 amide bonds. The Hall–Kier alpha value is -2.46. The number of aliphatic hydroxyl groups excluding tert-OH is 1. The monoisotopic (exact) mass is 311 g/mol. The van der Waals surface area contributed by atoms with E-state index >= 15 is 0 Å². The van der Waals surface area contributed by atoms with Gasteiger partial charge < -0.3 is 10.4 Å². The van der Waals surface area contributed by atoms with Gasteiger partial charge in [0.25, 0.3) is 0 Å². The number of ketones is 1. The molecule has 0 saturated carbocycles. The molecule has 0 heterocycles. The zero-order valence-electron chi connectivity index (χ0n) is 13.1. The molecule has 120 valence electrons. The summed E-state index contributed by atoms with van der Waals surface area (Å²) in [7, 11) is 0. The van der Waals surface area contributed by atoms with E-state index < -0.39 is 6.10 Å². The molecule has 2 N–H and O–H groups in total. The third-order valence-corrected chi connectivity index (χ3v) is 3.56. The summed E-state index contributed by atoms with van der Waals surface area (Å²) in [5, 5.41) is 12.8. The van der Waals surface area contributed by atoms with Crippen molar-refractivity contribution in [3.05, 3.63) is 71.8 Å². The van der Waals surface area contributed by atoms with Gasteiger partial charge in [0, 0.05) is 18.0 Å². The summed E-state index contributed by atoms with van der Waals surface area (Å²) in [5.41, 5.74) is 1.34. The highest BCUT2D eigenvalue weighted by Crippen LogP contribution is 2.16. The van der Waals surface area contributed by atoms with E-state index in [0.717, 1.165) is 0 Å². The third kappa shape index (κ3) is 5.34. The minimum Gasteiger partial charge on any atom is -0.388 e. The summed E-state index contributed by atoms with van der Waals surface area (Å²) < 4.78 is 0. The van der Waals surface area contributed by atoms with Crippen LogP contribution >= 0.6 is 0 Å². The number of amides is 1. The molecule has 0 saturated heterocycles. The van der Waals surface area contributed by atoms with E-state index in [0.29, 0.717) is 11.1 Å². The summed E-state index contributed by atoms with van der Waals surface area (Å²) in [6.45, 7) is 1.79. The maximum Gasteiger partial charge on any atom is 0.223 e. The van der Waals surface area contributed by atoms with Gasteiger partial charge in [-0.1, -0.05) is 60.7 Å². The fourth-order valence-electron chi connectivity index (χ4n) is 2.37. The number of carbonyl (C=O) groups excluding carboxylic acids is 2. The predicted molar refractivity (Wildman–Crippen MR) is 89.0 cm³/mol. The first-order chi connectivity index (χ1) is 11.1. The minimum absolute atomic E-state index is 0.0120. The van der Waals surface area contributed by atoms with Crippen LogP contribution in [0.5, 0.6) is 0 Å². The molecule has 2 aromatic carbocycles. The SMILES string of the molecule is CC(CC(=O)c1ccccc1)NC(=O)CC(O)c1ccccc1. The summed E-state index contributed by atoms with van der Waals surface area (Å²) in [6.07, 6.45) is -0.626. The van der Waals surface area contributed by atoms with E-state index in [-0.39, 0.29) is 30.6 Å². The van der Waals surface area contributed by atoms with E-state index in [1.165, 1.54) is 0 Å². The minimum atomic E-state index is -0.840. The largest absolute Gasteiger partial charge is 0.388 e. The number of hydrogen-bond acceptors (Lipinski definition) is 3. The first-order valence-corrected chi connectivity index (χ1v) is 7.67. The Morgan fingerprint density at radius 3 is 2.13 bits per heavy atom. The van der Waals surface area contributed by atoms with E-state index in [4.69, 9.17) is 0 Å². The van der Waals surface area contributed by atoms with E-state index in [2.05, 4.69) is 5.32 Å². The molecule has 0 aliphatic rings. The van der Waals surface area contributed by atoms with Crippen molar-refractivity contribution in [2.45, 2.75) is 31.9 Å². The number of rotatable bonds is 7. The predicted octanol–water partition coefficient (Wildman–Crippen LogP) is 2.89. The fourth-order valence-corrected chi connectivity index (χ4v) is 2.37. The van der Waals surface area contributed by atoms with Crippen molar-refractivity contribution >= 4 is 11.7 Å². The van der Waals surface area contributed by atoms with Crippen LogP contribution in [0.4, 0.5) is 0 Å². The average molecular weight is 311 g/mol. The van der Waals surface area contributed by atoms with Gasteiger partial charge >= 0.3 is 0 Å². The molecule has 2 aromatic rings. The van der Waals surface area contributed by atoms with Crippen molar-refractivity contribution < 1.29 is 14.7 Å². The Labute approximate surface area is 136 Å². The second kappa shape index (κ2) is 8.25. The number of aliphatic hydroxyl groups is 1. The fraction of sp³-hybridized carbons (Fsp3) is 0.263. The first kappa shape index (κ1) is 16.9. The number of carbonyl (C=O) groups is 2. The Balaban J connectivity index is 1.82. The van der Waals surface area contributed by atoms with Gasteiger partial charge in [0.1, 0.15) is 0 Å². The molecule has 4 heteroatoms. The van der Waals surface area contributed by atoms with Crippen LogP contribution in [0, 0.1) is 0 Å². The van der Waals surface area contributed by atoms with Crippen molar-refractivity contribution in [3.8, 4) is 0 Å². The Morgan fingerprint density at radius 2 is 1.52 bits per heavy atom. The molecule has 0 aliphatic heterocycles. The topological polar surface area (TPSA) is 66.4 Å². The normalized spacial score (nSPS) is 13.1. The Bertz CT molecular complexity index is 640. The average Bonchev–Trinajstić information content (AvgIpc) is 2.56. The highest BCUT2D eigenvalue weighted by Gasteiger charge is 2.16. The van der Waals surface area contributed by atoms with Crippen molar-refractivity contribution in [1.29, 1.82) is 0 Å². The zero-order valence-corrected chi connectivity index (χ0v) is 13.1. The molecule has 0 aliphatic carbocycles. The second-order valence-electron chi connectivity index (χ2n) is 5.59. The summed E-state index contributed by atoms with van der Waals surface area (Å²) in [5.74, 6) is -0.281. The van der Waals surface area contributed by atoms with Crippen LogP contribution in [0.15, 0.2) is 60.7 Å². The number of nitrogens with one attached hydrogen (secondary N) is 1. The zero-order chi connectivity index (χ0) is 16.7. The molecule has 2 rings (SSSR count). The van der Waals surface area contributed by atoms with Crippen LogP contribution in [-0.4, -0.2) is 22.8 Å². The van der Waals surface area contributed by atoms with Crippen molar-refractivity contribution in [2.24, 2.45) is 0 Å². The number of hydrogen-bond donors (Lipinski definition) is 2.